The van der Waals surface area contributed by atoms with E-state index in [0.29, 0.717) is 23.5 Å². The minimum Gasteiger partial charge on any atom is -0.493 e. The maximum absolute atomic E-state index is 13.6. The molecule has 0 bridgehead atoms. The molecule has 1 heterocycles. The summed E-state index contributed by atoms with van der Waals surface area (Å²) in [5.41, 5.74) is 3.68. The van der Waals surface area contributed by atoms with Crippen molar-refractivity contribution in [3.63, 3.8) is 0 Å². The molecule has 1 amide bonds. The molecule has 1 aliphatic rings. The van der Waals surface area contributed by atoms with Crippen molar-refractivity contribution in [1.29, 1.82) is 0 Å². The number of methoxy groups -OCH3 is 2. The first-order valence-corrected chi connectivity index (χ1v) is 8.91. The van der Waals surface area contributed by atoms with Gasteiger partial charge >= 0.3 is 0 Å². The lowest BCUT2D eigenvalue weighted by atomic mass is 9.91. The second kappa shape index (κ2) is 6.95. The average molecular weight is 368 g/mol. The number of ether oxygens (including phenoxy) is 2. The summed E-state index contributed by atoms with van der Waals surface area (Å²) in [5, 5.41) is 3.99. The third-order valence-electron chi connectivity index (χ3n) is 5.13. The number of amides is 1. The van der Waals surface area contributed by atoms with E-state index in [1.807, 2.05) is 0 Å². The first-order valence-electron chi connectivity index (χ1n) is 8.91. The monoisotopic (exact) mass is 368 g/mol. The number of benzene rings is 2. The van der Waals surface area contributed by atoms with Crippen LogP contribution in [0.2, 0.25) is 0 Å². The number of hydrogen-bond donors (Lipinski definition) is 2. The van der Waals surface area contributed by atoms with Crippen LogP contribution in [0.3, 0.4) is 0 Å². The van der Waals surface area contributed by atoms with Gasteiger partial charge in [-0.25, -0.2) is 4.39 Å². The van der Waals surface area contributed by atoms with E-state index >= 15 is 0 Å². The van der Waals surface area contributed by atoms with E-state index in [4.69, 9.17) is 9.47 Å². The van der Waals surface area contributed by atoms with E-state index in [-0.39, 0.29) is 17.8 Å². The molecule has 140 valence electrons. The van der Waals surface area contributed by atoms with Gasteiger partial charge in [0.05, 0.1) is 14.2 Å². The number of halogens is 1. The predicted molar refractivity (Wildman–Crippen MR) is 101 cm³/mol. The molecule has 2 aromatic carbocycles. The van der Waals surface area contributed by atoms with Gasteiger partial charge in [0.2, 0.25) is 0 Å². The van der Waals surface area contributed by atoms with Gasteiger partial charge in [0.25, 0.3) is 5.91 Å². The molecule has 1 aliphatic carbocycles. The van der Waals surface area contributed by atoms with Gasteiger partial charge in [-0.15, -0.1) is 0 Å². The fraction of sp³-hybridized carbons (Fsp3) is 0.286. The molecule has 0 fully saturated rings. The highest BCUT2D eigenvalue weighted by Crippen LogP contribution is 2.30. The molecule has 27 heavy (non-hydrogen) atoms. The molecule has 0 radical (unpaired) electrons. The van der Waals surface area contributed by atoms with Crippen molar-refractivity contribution in [3.05, 3.63) is 59.0 Å². The van der Waals surface area contributed by atoms with Crippen molar-refractivity contribution >= 4 is 16.8 Å². The lowest BCUT2D eigenvalue weighted by Gasteiger charge is -2.24. The number of carbonyl (C=O) groups is 1. The van der Waals surface area contributed by atoms with Crippen molar-refractivity contribution in [2.24, 2.45) is 0 Å². The normalized spacial score (nSPS) is 16.0. The van der Waals surface area contributed by atoms with Crippen LogP contribution in [0.5, 0.6) is 11.5 Å². The van der Waals surface area contributed by atoms with Crippen LogP contribution >= 0.6 is 0 Å². The highest BCUT2D eigenvalue weighted by atomic mass is 19.1. The fourth-order valence-corrected chi connectivity index (χ4v) is 3.76. The number of aryl methyl sites for hydroxylation is 1. The summed E-state index contributed by atoms with van der Waals surface area (Å²) in [6, 6.07) is 9.88. The molecule has 6 heteroatoms. The molecule has 4 rings (SSSR count). The van der Waals surface area contributed by atoms with Gasteiger partial charge in [-0.3, -0.25) is 4.79 Å². The Balaban J connectivity index is 1.54. The number of carbonyl (C=O) groups excluding carboxylic acids is 1. The smallest absolute Gasteiger partial charge is 0.251 e. The number of aromatic amines is 1. The third-order valence-corrected chi connectivity index (χ3v) is 5.13. The molecule has 3 aromatic rings. The van der Waals surface area contributed by atoms with Crippen molar-refractivity contribution < 1.29 is 18.7 Å². The average Bonchev–Trinajstić information content (AvgIpc) is 3.04. The number of aromatic nitrogens is 1. The van der Waals surface area contributed by atoms with Crippen molar-refractivity contribution in [2.45, 2.75) is 25.3 Å². The van der Waals surface area contributed by atoms with Crippen LogP contribution in [0.4, 0.5) is 4.39 Å². The minimum atomic E-state index is -0.249. The lowest BCUT2D eigenvalue weighted by Crippen LogP contribution is -2.38. The fourth-order valence-electron chi connectivity index (χ4n) is 3.76. The van der Waals surface area contributed by atoms with Crippen LogP contribution in [-0.2, 0) is 12.8 Å². The van der Waals surface area contributed by atoms with Crippen molar-refractivity contribution in [1.82, 2.24) is 10.3 Å². The van der Waals surface area contributed by atoms with Crippen LogP contribution in [-0.4, -0.2) is 31.2 Å². The molecule has 0 aliphatic heterocycles. The zero-order valence-corrected chi connectivity index (χ0v) is 15.3. The minimum absolute atomic E-state index is 0.000337. The molecule has 1 atom stereocenters. The second-order valence-corrected chi connectivity index (χ2v) is 6.75. The Morgan fingerprint density at radius 1 is 1.15 bits per heavy atom. The van der Waals surface area contributed by atoms with Gasteiger partial charge in [0.1, 0.15) is 5.82 Å². The maximum atomic E-state index is 13.6. The Kier molecular flexibility index (Phi) is 4.48. The van der Waals surface area contributed by atoms with Crippen LogP contribution in [0.1, 0.15) is 28.0 Å². The summed E-state index contributed by atoms with van der Waals surface area (Å²) in [6.07, 6.45) is 2.33. The highest BCUT2D eigenvalue weighted by molar-refractivity contribution is 5.95. The molecule has 2 N–H and O–H groups in total. The molecule has 1 aromatic heterocycles. The van der Waals surface area contributed by atoms with Gasteiger partial charge in [-0.1, -0.05) is 0 Å². The van der Waals surface area contributed by atoms with Crippen LogP contribution in [0.25, 0.3) is 10.9 Å². The zero-order chi connectivity index (χ0) is 19.0. The topological polar surface area (TPSA) is 63.3 Å². The van der Waals surface area contributed by atoms with Crippen molar-refractivity contribution in [3.8, 4) is 11.5 Å². The summed E-state index contributed by atoms with van der Waals surface area (Å²) in [5.74, 6) is 0.691. The highest BCUT2D eigenvalue weighted by Gasteiger charge is 2.24. The van der Waals surface area contributed by atoms with Gasteiger partial charge in [0.15, 0.2) is 11.5 Å². The third kappa shape index (κ3) is 3.23. The van der Waals surface area contributed by atoms with E-state index in [1.165, 1.54) is 6.07 Å². The SMILES string of the molecule is COc1ccc(C(=O)NC2CCc3[nH]c4ccc(F)cc4c3C2)cc1OC. The van der Waals surface area contributed by atoms with E-state index < -0.39 is 0 Å². The summed E-state index contributed by atoms with van der Waals surface area (Å²) in [7, 11) is 3.10. The Bertz CT molecular complexity index is 1010. The molecule has 1 unspecified atom stereocenters. The van der Waals surface area contributed by atoms with E-state index in [1.54, 1.807) is 44.6 Å². The number of nitrogens with one attached hydrogen (secondary N) is 2. The first-order chi connectivity index (χ1) is 13.1. The van der Waals surface area contributed by atoms with Crippen molar-refractivity contribution in [2.75, 3.05) is 14.2 Å². The molecule has 0 spiro atoms. The van der Waals surface area contributed by atoms with Gasteiger partial charge in [-0.2, -0.15) is 0 Å². The number of H-pyrrole nitrogens is 1. The number of fused-ring (bicyclic) bond motifs is 3. The Hall–Kier alpha value is -3.02. The standard InChI is InChI=1S/C21H21FN2O3/c1-26-19-8-3-12(9-20(19)27-2)21(25)23-14-5-7-18-16(11-14)15-10-13(22)4-6-17(15)24-18/h3-4,6,8-10,14,24H,5,7,11H2,1-2H3,(H,23,25). The molecular formula is C21H21FN2O3. The lowest BCUT2D eigenvalue weighted by molar-refractivity contribution is 0.0933. The Labute approximate surface area is 156 Å². The Morgan fingerprint density at radius 3 is 2.74 bits per heavy atom. The van der Waals surface area contributed by atoms with E-state index in [0.717, 1.165) is 35.0 Å². The quantitative estimate of drug-likeness (QED) is 0.739. The summed E-state index contributed by atoms with van der Waals surface area (Å²) in [4.78, 5) is 16.0. The summed E-state index contributed by atoms with van der Waals surface area (Å²) in [6.45, 7) is 0. The van der Waals surface area contributed by atoms with Gasteiger partial charge in [-0.05, 0) is 61.2 Å². The molecular weight excluding hydrogens is 347 g/mol. The number of rotatable bonds is 4. The molecule has 0 saturated carbocycles. The van der Waals surface area contributed by atoms with E-state index in [9.17, 15) is 9.18 Å². The predicted octanol–water partition coefficient (Wildman–Crippen LogP) is 3.61. The largest absolute Gasteiger partial charge is 0.493 e. The summed E-state index contributed by atoms with van der Waals surface area (Å²) < 4.78 is 24.1. The maximum Gasteiger partial charge on any atom is 0.251 e. The first kappa shape index (κ1) is 17.4. The second-order valence-electron chi connectivity index (χ2n) is 6.75. The van der Waals surface area contributed by atoms with Gasteiger partial charge in [0, 0.05) is 28.2 Å². The van der Waals surface area contributed by atoms with Gasteiger partial charge < -0.3 is 19.8 Å². The number of hydrogen-bond acceptors (Lipinski definition) is 3. The van der Waals surface area contributed by atoms with E-state index in [2.05, 4.69) is 10.3 Å². The van der Waals surface area contributed by atoms with Crippen LogP contribution in [0, 0.1) is 5.82 Å². The Morgan fingerprint density at radius 2 is 1.96 bits per heavy atom. The summed E-state index contributed by atoms with van der Waals surface area (Å²) >= 11 is 0. The molecule has 5 nitrogen and oxygen atoms in total. The molecule has 0 saturated heterocycles. The zero-order valence-electron chi connectivity index (χ0n) is 15.3. The van der Waals surface area contributed by atoms with Crippen LogP contribution < -0.4 is 14.8 Å². The van der Waals surface area contributed by atoms with Crippen LogP contribution in [0.15, 0.2) is 36.4 Å².